The van der Waals surface area contributed by atoms with Gasteiger partial charge in [0.05, 0.1) is 11.3 Å². The third-order valence-corrected chi connectivity index (χ3v) is 5.50. The lowest BCUT2D eigenvalue weighted by molar-refractivity contribution is 0.0790. The summed E-state index contributed by atoms with van der Waals surface area (Å²) in [6.07, 6.45) is 7.63. The first kappa shape index (κ1) is 19.8. The Morgan fingerprint density at radius 1 is 0.938 bits per heavy atom. The molecule has 3 aromatic heterocycles. The molecule has 0 radical (unpaired) electrons. The number of para-hydroxylation sites is 1. The van der Waals surface area contributed by atoms with E-state index < -0.39 is 0 Å². The minimum atomic E-state index is -0.00773. The molecule has 1 fully saturated rings. The molecule has 1 N–H and O–H groups in total. The molecule has 4 heterocycles. The van der Waals surface area contributed by atoms with Gasteiger partial charge in [-0.3, -0.25) is 14.8 Å². The highest BCUT2D eigenvalue weighted by Crippen LogP contribution is 2.30. The maximum atomic E-state index is 12.8. The van der Waals surface area contributed by atoms with Gasteiger partial charge in [-0.05, 0) is 42.8 Å². The number of benzene rings is 1. The lowest BCUT2D eigenvalue weighted by Gasteiger charge is -2.17. The maximum absolute atomic E-state index is 12.8. The number of aromatic nitrogens is 4. The molecular formula is C25H22N6O. The predicted molar refractivity (Wildman–Crippen MR) is 122 cm³/mol. The van der Waals surface area contributed by atoms with Crippen LogP contribution in [0.3, 0.4) is 0 Å². The number of anilines is 2. The summed E-state index contributed by atoms with van der Waals surface area (Å²) >= 11 is 0. The number of hydrogen-bond acceptors (Lipinski definition) is 6. The maximum Gasteiger partial charge on any atom is 0.255 e. The zero-order valence-corrected chi connectivity index (χ0v) is 17.4. The van der Waals surface area contributed by atoms with Gasteiger partial charge in [0.25, 0.3) is 5.91 Å². The molecule has 0 aliphatic carbocycles. The summed E-state index contributed by atoms with van der Waals surface area (Å²) in [5, 5.41) is 3.38. The first-order chi connectivity index (χ1) is 15.8. The number of pyridine rings is 2. The Morgan fingerprint density at radius 3 is 2.50 bits per heavy atom. The van der Waals surface area contributed by atoms with Gasteiger partial charge in [-0.25, -0.2) is 9.97 Å². The normalized spacial score (nSPS) is 15.5. The first-order valence-electron chi connectivity index (χ1n) is 10.6. The van der Waals surface area contributed by atoms with Crippen LogP contribution in [0.15, 0.2) is 85.5 Å². The Balaban J connectivity index is 1.44. The van der Waals surface area contributed by atoms with E-state index in [1.54, 1.807) is 36.9 Å². The van der Waals surface area contributed by atoms with E-state index in [4.69, 9.17) is 9.97 Å². The zero-order chi connectivity index (χ0) is 21.8. The molecule has 158 valence electrons. The number of nitrogens with one attached hydrogen (secondary N) is 1. The molecule has 0 spiro atoms. The molecule has 1 amide bonds. The summed E-state index contributed by atoms with van der Waals surface area (Å²) < 4.78 is 0. The fourth-order valence-electron chi connectivity index (χ4n) is 3.87. The van der Waals surface area contributed by atoms with Crippen molar-refractivity contribution in [1.82, 2.24) is 24.8 Å². The quantitative estimate of drug-likeness (QED) is 0.516. The lowest BCUT2D eigenvalue weighted by Crippen LogP contribution is -2.28. The number of carbonyl (C=O) groups excluding carboxylic acids is 1. The molecule has 1 aliphatic heterocycles. The van der Waals surface area contributed by atoms with Gasteiger partial charge in [0.15, 0.2) is 0 Å². The number of nitrogens with zero attached hydrogens (tertiary/aromatic N) is 5. The monoisotopic (exact) mass is 422 g/mol. The molecule has 1 aliphatic rings. The Bertz CT molecular complexity index is 1200. The molecule has 5 rings (SSSR count). The van der Waals surface area contributed by atoms with Gasteiger partial charge in [0, 0.05) is 61.1 Å². The van der Waals surface area contributed by atoms with Crippen LogP contribution in [0.1, 0.15) is 28.5 Å². The summed E-state index contributed by atoms with van der Waals surface area (Å²) in [6.45, 7) is 1.25. The number of carbonyl (C=O) groups is 1. The number of likely N-dealkylation sites (tertiary alicyclic amines) is 1. The lowest BCUT2D eigenvalue weighted by atomic mass is 10.1. The number of amides is 1. The number of rotatable bonds is 5. The summed E-state index contributed by atoms with van der Waals surface area (Å²) in [7, 11) is 0. The van der Waals surface area contributed by atoms with Gasteiger partial charge in [0.2, 0.25) is 0 Å². The van der Waals surface area contributed by atoms with Crippen LogP contribution in [-0.2, 0) is 0 Å². The molecule has 1 atom stereocenters. The molecule has 0 unspecified atom stereocenters. The van der Waals surface area contributed by atoms with E-state index in [1.165, 1.54) is 0 Å². The van der Waals surface area contributed by atoms with Gasteiger partial charge < -0.3 is 10.2 Å². The van der Waals surface area contributed by atoms with Gasteiger partial charge in [-0.1, -0.05) is 18.2 Å². The average Bonchev–Trinajstić information content (AvgIpc) is 3.36. The molecule has 7 nitrogen and oxygen atoms in total. The van der Waals surface area contributed by atoms with E-state index in [0.29, 0.717) is 18.7 Å². The van der Waals surface area contributed by atoms with Crippen LogP contribution in [-0.4, -0.2) is 43.8 Å². The minimum Gasteiger partial charge on any atom is -0.340 e. The molecule has 0 bridgehead atoms. The van der Waals surface area contributed by atoms with Crippen molar-refractivity contribution in [2.24, 2.45) is 0 Å². The van der Waals surface area contributed by atoms with Crippen molar-refractivity contribution in [3.63, 3.8) is 0 Å². The molecule has 7 heteroatoms. The Kier molecular flexibility index (Phi) is 5.53. The van der Waals surface area contributed by atoms with Crippen molar-refractivity contribution in [2.45, 2.75) is 12.3 Å². The summed E-state index contributed by atoms with van der Waals surface area (Å²) in [5.41, 5.74) is 3.28. The van der Waals surface area contributed by atoms with E-state index in [1.807, 2.05) is 53.4 Å². The summed E-state index contributed by atoms with van der Waals surface area (Å²) in [4.78, 5) is 32.7. The highest BCUT2D eigenvalue weighted by Gasteiger charge is 2.30. The van der Waals surface area contributed by atoms with E-state index in [2.05, 4.69) is 15.3 Å². The van der Waals surface area contributed by atoms with E-state index in [0.717, 1.165) is 35.0 Å². The van der Waals surface area contributed by atoms with Crippen LogP contribution in [0.4, 0.5) is 11.5 Å². The number of hydrogen-bond donors (Lipinski definition) is 1. The van der Waals surface area contributed by atoms with Crippen LogP contribution in [0.5, 0.6) is 0 Å². The smallest absolute Gasteiger partial charge is 0.255 e. The zero-order valence-electron chi connectivity index (χ0n) is 17.4. The SMILES string of the molecule is O=C(c1cccnc1)N1CC[C@H](c2nc(Nc3ccccc3)cc(-c3cccnc3)n2)C1. The van der Waals surface area contributed by atoms with Crippen molar-refractivity contribution in [3.05, 3.63) is 96.8 Å². The van der Waals surface area contributed by atoms with Crippen molar-refractivity contribution in [2.75, 3.05) is 18.4 Å². The van der Waals surface area contributed by atoms with Gasteiger partial charge in [0.1, 0.15) is 11.6 Å². The van der Waals surface area contributed by atoms with Gasteiger partial charge in [-0.2, -0.15) is 0 Å². The second-order valence-corrected chi connectivity index (χ2v) is 7.71. The van der Waals surface area contributed by atoms with Crippen molar-refractivity contribution < 1.29 is 4.79 Å². The predicted octanol–water partition coefficient (Wildman–Crippen LogP) is 4.31. The third kappa shape index (κ3) is 4.32. The van der Waals surface area contributed by atoms with Crippen LogP contribution in [0.2, 0.25) is 0 Å². The fraction of sp³-hybridized carbons (Fsp3) is 0.160. The molecule has 1 aromatic carbocycles. The third-order valence-electron chi connectivity index (χ3n) is 5.50. The second kappa shape index (κ2) is 8.93. The minimum absolute atomic E-state index is 0.00773. The topological polar surface area (TPSA) is 83.9 Å². The molecule has 32 heavy (non-hydrogen) atoms. The fourth-order valence-corrected chi connectivity index (χ4v) is 3.87. The second-order valence-electron chi connectivity index (χ2n) is 7.71. The Hall–Kier alpha value is -4.13. The highest BCUT2D eigenvalue weighted by molar-refractivity contribution is 5.94. The summed E-state index contributed by atoms with van der Waals surface area (Å²) in [6, 6.07) is 19.3. The molecule has 0 saturated carbocycles. The van der Waals surface area contributed by atoms with Crippen LogP contribution in [0, 0.1) is 0 Å². The average molecular weight is 422 g/mol. The van der Waals surface area contributed by atoms with Crippen LogP contribution in [0.25, 0.3) is 11.3 Å². The van der Waals surface area contributed by atoms with Gasteiger partial charge in [-0.15, -0.1) is 0 Å². The standard InChI is InChI=1S/C25H22N6O/c32-25(19-7-5-12-27-16-19)31-13-10-20(17-31)24-29-22(18-6-4-11-26-15-18)14-23(30-24)28-21-8-2-1-3-9-21/h1-9,11-12,14-16,20H,10,13,17H2,(H,28,29,30)/t20-/m0/s1. The molecule has 1 saturated heterocycles. The van der Waals surface area contributed by atoms with Crippen molar-refractivity contribution >= 4 is 17.4 Å². The highest BCUT2D eigenvalue weighted by atomic mass is 16.2. The van der Waals surface area contributed by atoms with Crippen molar-refractivity contribution in [1.29, 1.82) is 0 Å². The Morgan fingerprint density at radius 2 is 1.75 bits per heavy atom. The van der Waals surface area contributed by atoms with E-state index in [-0.39, 0.29) is 11.8 Å². The van der Waals surface area contributed by atoms with E-state index >= 15 is 0 Å². The van der Waals surface area contributed by atoms with E-state index in [9.17, 15) is 4.79 Å². The first-order valence-corrected chi connectivity index (χ1v) is 10.6. The van der Waals surface area contributed by atoms with Gasteiger partial charge >= 0.3 is 0 Å². The molecular weight excluding hydrogens is 400 g/mol. The Labute approximate surface area is 186 Å². The van der Waals surface area contributed by atoms with Crippen molar-refractivity contribution in [3.8, 4) is 11.3 Å². The van der Waals surface area contributed by atoms with Crippen LogP contribution >= 0.6 is 0 Å². The molecule has 4 aromatic rings. The van der Waals surface area contributed by atoms with Crippen LogP contribution < -0.4 is 5.32 Å². The summed E-state index contributed by atoms with van der Waals surface area (Å²) in [5.74, 6) is 1.50. The largest absolute Gasteiger partial charge is 0.340 e.